The van der Waals surface area contributed by atoms with Crippen LogP contribution in [0, 0.1) is 0 Å². The number of carbonyl (C=O) groups excluding carboxylic acids is 1. The van der Waals surface area contributed by atoms with E-state index in [4.69, 9.17) is 0 Å². The molecule has 1 heterocycles. The topological polar surface area (TPSA) is 23.6 Å². The van der Waals surface area contributed by atoms with Crippen LogP contribution in [0.3, 0.4) is 0 Å². The summed E-state index contributed by atoms with van der Waals surface area (Å²) in [4.78, 5) is 17.2. The molecular formula is C17H25BrN2O. The van der Waals surface area contributed by atoms with Crippen molar-refractivity contribution < 1.29 is 4.79 Å². The Labute approximate surface area is 136 Å². The van der Waals surface area contributed by atoms with Crippen molar-refractivity contribution in [3.63, 3.8) is 0 Å². The Hall–Kier alpha value is -0.710. The van der Waals surface area contributed by atoms with Crippen molar-refractivity contribution in [1.82, 2.24) is 9.80 Å². The molecule has 4 heteroatoms. The second-order valence-electron chi connectivity index (χ2n) is 5.82. The quantitative estimate of drug-likeness (QED) is 0.732. The summed E-state index contributed by atoms with van der Waals surface area (Å²) in [6, 6.07) is 8.35. The van der Waals surface area contributed by atoms with E-state index in [1.165, 1.54) is 6.42 Å². The van der Waals surface area contributed by atoms with E-state index < -0.39 is 0 Å². The predicted octanol–water partition coefficient (Wildman–Crippen LogP) is 3.44. The summed E-state index contributed by atoms with van der Waals surface area (Å²) in [5.74, 6) is 0.237. The Bertz CT molecular complexity index is 470. The highest BCUT2D eigenvalue weighted by Crippen LogP contribution is 2.14. The number of benzene rings is 1. The molecule has 21 heavy (non-hydrogen) atoms. The first-order chi connectivity index (χ1) is 10.1. The third kappa shape index (κ3) is 4.90. The smallest absolute Gasteiger partial charge is 0.164 e. The van der Waals surface area contributed by atoms with Crippen molar-refractivity contribution in [3.8, 4) is 0 Å². The number of Topliss-reactive ketones (excluding diaryl/α,β-unsaturated/α-hetero) is 1. The zero-order valence-corrected chi connectivity index (χ0v) is 14.6. The van der Waals surface area contributed by atoms with Crippen molar-refractivity contribution in [2.45, 2.75) is 32.7 Å². The summed E-state index contributed by atoms with van der Waals surface area (Å²) in [6.07, 6.45) is 1.82. The maximum atomic E-state index is 12.2. The van der Waals surface area contributed by atoms with Gasteiger partial charge in [0, 0.05) is 55.2 Å². The molecule has 116 valence electrons. The van der Waals surface area contributed by atoms with E-state index in [0.29, 0.717) is 12.5 Å². The van der Waals surface area contributed by atoms with E-state index in [1.807, 2.05) is 24.3 Å². The molecule has 0 aromatic heterocycles. The van der Waals surface area contributed by atoms with Crippen LogP contribution in [0.5, 0.6) is 0 Å². The summed E-state index contributed by atoms with van der Waals surface area (Å²) < 4.78 is 0.968. The molecule has 1 aliphatic heterocycles. The van der Waals surface area contributed by atoms with E-state index >= 15 is 0 Å². The molecule has 1 fully saturated rings. The molecule has 3 nitrogen and oxygen atoms in total. The van der Waals surface area contributed by atoms with Gasteiger partial charge in [0.1, 0.15) is 0 Å². The van der Waals surface area contributed by atoms with Crippen molar-refractivity contribution in [2.75, 3.05) is 32.7 Å². The van der Waals surface area contributed by atoms with Gasteiger partial charge in [0.2, 0.25) is 0 Å². The van der Waals surface area contributed by atoms with Crippen LogP contribution in [-0.2, 0) is 0 Å². The van der Waals surface area contributed by atoms with Crippen LogP contribution in [0.25, 0.3) is 0 Å². The third-order valence-corrected chi connectivity index (χ3v) is 4.92. The third-order valence-electron chi connectivity index (χ3n) is 4.42. The summed E-state index contributed by atoms with van der Waals surface area (Å²) in [5.41, 5.74) is 0.808. The molecular weight excluding hydrogens is 328 g/mol. The highest BCUT2D eigenvalue weighted by Gasteiger charge is 2.20. The first-order valence-corrected chi connectivity index (χ1v) is 8.64. The lowest BCUT2D eigenvalue weighted by atomic mass is 10.1. The number of hydrogen-bond donors (Lipinski definition) is 0. The van der Waals surface area contributed by atoms with Gasteiger partial charge in [0.05, 0.1) is 0 Å². The van der Waals surface area contributed by atoms with Crippen molar-refractivity contribution >= 4 is 21.7 Å². The Morgan fingerprint density at radius 3 is 2.62 bits per heavy atom. The number of ketones is 1. The van der Waals surface area contributed by atoms with Crippen molar-refractivity contribution in [3.05, 3.63) is 34.3 Å². The highest BCUT2D eigenvalue weighted by molar-refractivity contribution is 9.10. The average molecular weight is 353 g/mol. The van der Waals surface area contributed by atoms with Gasteiger partial charge in [0.25, 0.3) is 0 Å². The number of nitrogens with zero attached hydrogens (tertiary/aromatic N) is 2. The molecule has 0 N–H and O–H groups in total. The fourth-order valence-electron chi connectivity index (χ4n) is 2.75. The van der Waals surface area contributed by atoms with Crippen LogP contribution in [-0.4, -0.2) is 54.3 Å². The normalized spacial score (nSPS) is 18.6. The highest BCUT2D eigenvalue weighted by atomic mass is 79.9. The molecule has 0 saturated carbocycles. The predicted molar refractivity (Wildman–Crippen MR) is 90.9 cm³/mol. The van der Waals surface area contributed by atoms with Crippen LogP contribution in [0.1, 0.15) is 37.0 Å². The molecule has 1 aliphatic rings. The second-order valence-corrected chi connectivity index (χ2v) is 6.73. The SMILES string of the molecule is CCC(C)N1CCN(CCC(=O)c2cccc(Br)c2)CC1. The van der Waals surface area contributed by atoms with E-state index in [1.54, 1.807) is 0 Å². The van der Waals surface area contributed by atoms with E-state index in [0.717, 1.165) is 42.8 Å². The first-order valence-electron chi connectivity index (χ1n) is 7.85. The van der Waals surface area contributed by atoms with Gasteiger partial charge >= 0.3 is 0 Å². The van der Waals surface area contributed by atoms with Crippen LogP contribution in [0.4, 0.5) is 0 Å². The zero-order chi connectivity index (χ0) is 15.2. The molecule has 0 aliphatic carbocycles. The fourth-order valence-corrected chi connectivity index (χ4v) is 3.15. The average Bonchev–Trinajstić information content (AvgIpc) is 2.52. The molecule has 1 aromatic rings. The van der Waals surface area contributed by atoms with Crippen LogP contribution in [0.15, 0.2) is 28.7 Å². The van der Waals surface area contributed by atoms with Crippen molar-refractivity contribution in [2.24, 2.45) is 0 Å². The number of piperazine rings is 1. The van der Waals surface area contributed by atoms with Gasteiger partial charge in [-0.1, -0.05) is 35.0 Å². The summed E-state index contributed by atoms with van der Waals surface area (Å²) in [5, 5.41) is 0. The van der Waals surface area contributed by atoms with Crippen LogP contribution >= 0.6 is 15.9 Å². The molecule has 0 bridgehead atoms. The Kier molecular flexibility index (Phi) is 6.40. The van der Waals surface area contributed by atoms with Gasteiger partial charge in [0.15, 0.2) is 5.78 Å². The van der Waals surface area contributed by atoms with Crippen molar-refractivity contribution in [1.29, 1.82) is 0 Å². The minimum Gasteiger partial charge on any atom is -0.300 e. The Morgan fingerprint density at radius 2 is 2.00 bits per heavy atom. The lowest BCUT2D eigenvalue weighted by Gasteiger charge is -2.37. The molecule has 0 spiro atoms. The van der Waals surface area contributed by atoms with Gasteiger partial charge in [-0.15, -0.1) is 0 Å². The van der Waals surface area contributed by atoms with Gasteiger partial charge in [-0.25, -0.2) is 0 Å². The Balaban J connectivity index is 1.76. The largest absolute Gasteiger partial charge is 0.300 e. The molecule has 2 rings (SSSR count). The fraction of sp³-hybridized carbons (Fsp3) is 0.588. The number of rotatable bonds is 6. The maximum absolute atomic E-state index is 12.2. The standard InChI is InChI=1S/C17H25BrN2O/c1-3-14(2)20-11-9-19(10-12-20)8-7-17(21)15-5-4-6-16(18)13-15/h4-6,13-14H,3,7-12H2,1-2H3. The number of carbonyl (C=O) groups is 1. The van der Waals surface area contributed by atoms with Crippen LogP contribution in [0.2, 0.25) is 0 Å². The molecule has 1 atom stereocenters. The number of hydrogen-bond acceptors (Lipinski definition) is 3. The van der Waals surface area contributed by atoms with Gasteiger partial charge in [-0.05, 0) is 25.5 Å². The lowest BCUT2D eigenvalue weighted by Crippen LogP contribution is -2.49. The monoisotopic (exact) mass is 352 g/mol. The lowest BCUT2D eigenvalue weighted by molar-refractivity contribution is 0.0866. The molecule has 0 radical (unpaired) electrons. The molecule has 0 amide bonds. The summed E-state index contributed by atoms with van der Waals surface area (Å²) >= 11 is 3.42. The van der Waals surface area contributed by atoms with E-state index in [-0.39, 0.29) is 5.78 Å². The summed E-state index contributed by atoms with van der Waals surface area (Å²) in [6.45, 7) is 9.83. The minimum absolute atomic E-state index is 0.237. The summed E-state index contributed by atoms with van der Waals surface area (Å²) in [7, 11) is 0. The van der Waals surface area contributed by atoms with Gasteiger partial charge < -0.3 is 4.90 Å². The minimum atomic E-state index is 0.237. The molecule has 1 saturated heterocycles. The van der Waals surface area contributed by atoms with Crippen LogP contribution < -0.4 is 0 Å². The van der Waals surface area contributed by atoms with E-state index in [2.05, 4.69) is 39.6 Å². The van der Waals surface area contributed by atoms with Gasteiger partial charge in [-0.2, -0.15) is 0 Å². The first kappa shape index (κ1) is 16.7. The molecule has 1 aromatic carbocycles. The molecule has 1 unspecified atom stereocenters. The zero-order valence-electron chi connectivity index (χ0n) is 13.0. The van der Waals surface area contributed by atoms with E-state index in [9.17, 15) is 4.79 Å². The van der Waals surface area contributed by atoms with Gasteiger partial charge in [-0.3, -0.25) is 9.69 Å². The Morgan fingerprint density at radius 1 is 1.29 bits per heavy atom. The maximum Gasteiger partial charge on any atom is 0.164 e. The second kappa shape index (κ2) is 8.06. The number of halogens is 1.